The molecule has 150 valence electrons. The van der Waals surface area contributed by atoms with Gasteiger partial charge >= 0.3 is 0 Å². The second kappa shape index (κ2) is 8.33. The van der Waals surface area contributed by atoms with Crippen LogP contribution in [0, 0.1) is 11.6 Å². The van der Waals surface area contributed by atoms with Gasteiger partial charge in [-0.25, -0.2) is 8.78 Å². The normalized spacial score (nSPS) is 14.0. The Balaban J connectivity index is 1.75. The zero-order chi connectivity index (χ0) is 20.3. The molecule has 0 atom stereocenters. The molecule has 1 heterocycles. The summed E-state index contributed by atoms with van der Waals surface area (Å²) in [5.41, 5.74) is 0.747. The van der Waals surface area contributed by atoms with Crippen LogP contribution in [-0.4, -0.2) is 58.3 Å². The highest BCUT2D eigenvalue weighted by Crippen LogP contribution is 2.38. The predicted molar refractivity (Wildman–Crippen MR) is 101 cm³/mol. The number of hydrogen-bond donors (Lipinski definition) is 0. The Morgan fingerprint density at radius 2 is 1.50 bits per heavy atom. The van der Waals surface area contributed by atoms with Gasteiger partial charge in [0, 0.05) is 37.8 Å². The van der Waals surface area contributed by atoms with E-state index < -0.39 is 11.6 Å². The average molecular weight is 392 g/mol. The number of carbonyl (C=O) groups excluding carboxylic acids is 1. The molecular formula is C20H22F2N2O4. The predicted octanol–water partition coefficient (Wildman–Crippen LogP) is 2.95. The number of rotatable bonds is 5. The van der Waals surface area contributed by atoms with Gasteiger partial charge in [-0.2, -0.15) is 0 Å². The Bertz CT molecular complexity index is 842. The molecule has 8 heteroatoms. The Hall–Kier alpha value is -3.03. The van der Waals surface area contributed by atoms with Gasteiger partial charge in [-0.15, -0.1) is 0 Å². The molecule has 0 bridgehead atoms. The molecule has 0 radical (unpaired) electrons. The fourth-order valence-electron chi connectivity index (χ4n) is 3.28. The number of carbonyl (C=O) groups is 1. The summed E-state index contributed by atoms with van der Waals surface area (Å²) in [5.74, 6) is -0.187. The molecule has 0 N–H and O–H groups in total. The van der Waals surface area contributed by atoms with Crippen LogP contribution in [0.2, 0.25) is 0 Å². The number of anilines is 1. The van der Waals surface area contributed by atoms with E-state index in [2.05, 4.69) is 0 Å². The van der Waals surface area contributed by atoms with Crippen molar-refractivity contribution in [1.29, 1.82) is 0 Å². The first kappa shape index (κ1) is 19.7. The molecule has 28 heavy (non-hydrogen) atoms. The fraction of sp³-hybridized carbons (Fsp3) is 0.350. The summed E-state index contributed by atoms with van der Waals surface area (Å²) < 4.78 is 43.0. The van der Waals surface area contributed by atoms with Gasteiger partial charge in [0.05, 0.1) is 27.0 Å². The maximum Gasteiger partial charge on any atom is 0.254 e. The summed E-state index contributed by atoms with van der Waals surface area (Å²) in [4.78, 5) is 16.4. The highest BCUT2D eigenvalue weighted by Gasteiger charge is 2.26. The van der Waals surface area contributed by atoms with Gasteiger partial charge in [-0.05, 0) is 24.3 Å². The molecule has 2 aromatic carbocycles. The van der Waals surface area contributed by atoms with Crippen LogP contribution >= 0.6 is 0 Å². The molecule has 1 amide bonds. The molecular weight excluding hydrogens is 370 g/mol. The minimum atomic E-state index is -0.613. The van der Waals surface area contributed by atoms with Crippen LogP contribution in [0.1, 0.15) is 10.4 Å². The van der Waals surface area contributed by atoms with Crippen LogP contribution in [0.15, 0.2) is 30.3 Å². The largest absolute Gasteiger partial charge is 0.493 e. The number of methoxy groups -OCH3 is 3. The number of hydrogen-bond acceptors (Lipinski definition) is 5. The molecule has 1 aliphatic rings. The van der Waals surface area contributed by atoms with Crippen molar-refractivity contribution in [1.82, 2.24) is 4.90 Å². The third kappa shape index (κ3) is 3.81. The van der Waals surface area contributed by atoms with Gasteiger partial charge in [0.15, 0.2) is 11.5 Å². The minimum Gasteiger partial charge on any atom is -0.493 e. The van der Waals surface area contributed by atoms with E-state index in [1.54, 1.807) is 21.9 Å². The lowest BCUT2D eigenvalue weighted by Gasteiger charge is -2.36. The van der Waals surface area contributed by atoms with E-state index in [-0.39, 0.29) is 5.91 Å². The smallest absolute Gasteiger partial charge is 0.254 e. The van der Waals surface area contributed by atoms with E-state index in [1.165, 1.54) is 33.5 Å². The summed E-state index contributed by atoms with van der Waals surface area (Å²) in [7, 11) is 4.47. The zero-order valence-electron chi connectivity index (χ0n) is 16.0. The SMILES string of the molecule is COc1cc(C(=O)N2CCN(c3ccc(F)cc3F)CC2)cc(OC)c1OC. The second-order valence-electron chi connectivity index (χ2n) is 6.29. The fourth-order valence-corrected chi connectivity index (χ4v) is 3.28. The third-order valence-corrected chi connectivity index (χ3v) is 4.73. The Morgan fingerprint density at radius 1 is 0.893 bits per heavy atom. The van der Waals surface area contributed by atoms with Gasteiger partial charge in [0.1, 0.15) is 11.6 Å². The number of ether oxygens (including phenoxy) is 3. The molecule has 0 aliphatic carbocycles. The van der Waals surface area contributed by atoms with Crippen LogP contribution in [0.5, 0.6) is 17.2 Å². The Morgan fingerprint density at radius 3 is 2.00 bits per heavy atom. The summed E-state index contributed by atoms with van der Waals surface area (Å²) in [6.07, 6.45) is 0. The first-order valence-electron chi connectivity index (χ1n) is 8.77. The maximum atomic E-state index is 14.0. The van der Waals surface area contributed by atoms with Crippen LogP contribution in [0.3, 0.4) is 0 Å². The molecule has 0 unspecified atom stereocenters. The van der Waals surface area contributed by atoms with Crippen molar-refractivity contribution in [2.45, 2.75) is 0 Å². The quantitative estimate of drug-likeness (QED) is 0.783. The third-order valence-electron chi connectivity index (χ3n) is 4.73. The number of amides is 1. The van der Waals surface area contributed by atoms with Gasteiger partial charge in [0.25, 0.3) is 5.91 Å². The van der Waals surface area contributed by atoms with Crippen molar-refractivity contribution < 1.29 is 27.8 Å². The zero-order valence-corrected chi connectivity index (χ0v) is 16.0. The van der Waals surface area contributed by atoms with Crippen molar-refractivity contribution in [3.05, 3.63) is 47.5 Å². The van der Waals surface area contributed by atoms with Crippen LogP contribution in [-0.2, 0) is 0 Å². The van der Waals surface area contributed by atoms with Gasteiger partial charge in [0.2, 0.25) is 5.75 Å². The van der Waals surface area contributed by atoms with Gasteiger partial charge in [-0.1, -0.05) is 0 Å². The molecule has 0 aromatic heterocycles. The highest BCUT2D eigenvalue weighted by atomic mass is 19.1. The molecule has 0 saturated carbocycles. The van der Waals surface area contributed by atoms with Gasteiger partial charge in [-0.3, -0.25) is 4.79 Å². The Labute approximate surface area is 162 Å². The lowest BCUT2D eigenvalue weighted by Crippen LogP contribution is -2.49. The Kier molecular flexibility index (Phi) is 5.87. The summed E-state index contributed by atoms with van der Waals surface area (Å²) >= 11 is 0. The molecule has 6 nitrogen and oxygen atoms in total. The number of halogens is 2. The van der Waals surface area contributed by atoms with E-state index in [0.29, 0.717) is 54.7 Å². The molecule has 3 rings (SSSR count). The lowest BCUT2D eigenvalue weighted by molar-refractivity contribution is 0.0745. The van der Waals surface area contributed by atoms with E-state index >= 15 is 0 Å². The molecule has 1 aliphatic heterocycles. The number of nitrogens with zero attached hydrogens (tertiary/aromatic N) is 2. The number of benzene rings is 2. The first-order chi connectivity index (χ1) is 13.5. The van der Waals surface area contributed by atoms with E-state index in [4.69, 9.17) is 14.2 Å². The van der Waals surface area contributed by atoms with Crippen molar-refractivity contribution in [2.75, 3.05) is 52.4 Å². The standard InChI is InChI=1S/C20H22F2N2O4/c1-26-17-10-13(11-18(27-2)19(17)28-3)20(25)24-8-6-23(7-9-24)16-5-4-14(21)12-15(16)22/h4-5,10-12H,6-9H2,1-3H3. The van der Waals surface area contributed by atoms with Crippen molar-refractivity contribution in [3.63, 3.8) is 0 Å². The van der Waals surface area contributed by atoms with Crippen LogP contribution in [0.25, 0.3) is 0 Å². The van der Waals surface area contributed by atoms with Crippen molar-refractivity contribution in [2.24, 2.45) is 0 Å². The summed E-state index contributed by atoms with van der Waals surface area (Å²) in [6.45, 7) is 1.70. The van der Waals surface area contributed by atoms with E-state index in [9.17, 15) is 13.6 Å². The molecule has 0 spiro atoms. The van der Waals surface area contributed by atoms with Crippen molar-refractivity contribution in [3.8, 4) is 17.2 Å². The molecule has 2 aromatic rings. The number of piperazine rings is 1. The second-order valence-corrected chi connectivity index (χ2v) is 6.29. The van der Waals surface area contributed by atoms with E-state index in [0.717, 1.165) is 6.07 Å². The lowest BCUT2D eigenvalue weighted by atomic mass is 10.1. The summed E-state index contributed by atoms with van der Waals surface area (Å²) in [6, 6.07) is 6.72. The monoisotopic (exact) mass is 392 g/mol. The maximum absolute atomic E-state index is 14.0. The topological polar surface area (TPSA) is 51.2 Å². The van der Waals surface area contributed by atoms with Crippen LogP contribution < -0.4 is 19.1 Å². The average Bonchev–Trinajstić information content (AvgIpc) is 2.72. The van der Waals surface area contributed by atoms with Crippen molar-refractivity contribution >= 4 is 11.6 Å². The highest BCUT2D eigenvalue weighted by molar-refractivity contribution is 5.95. The van der Waals surface area contributed by atoms with E-state index in [1.807, 2.05) is 0 Å². The first-order valence-corrected chi connectivity index (χ1v) is 8.77. The van der Waals surface area contributed by atoms with Crippen LogP contribution in [0.4, 0.5) is 14.5 Å². The van der Waals surface area contributed by atoms with Gasteiger partial charge < -0.3 is 24.0 Å². The molecule has 1 fully saturated rings. The summed E-state index contributed by atoms with van der Waals surface area (Å²) in [5, 5.41) is 0. The minimum absolute atomic E-state index is 0.182. The molecule has 1 saturated heterocycles.